The van der Waals surface area contributed by atoms with Crippen LogP contribution in [0, 0.1) is 0 Å². The van der Waals surface area contributed by atoms with Crippen LogP contribution in [-0.2, 0) is 0 Å². The second-order valence-corrected chi connectivity index (χ2v) is 6.98. The summed E-state index contributed by atoms with van der Waals surface area (Å²) in [4.78, 5) is 17.9. The molecular weight excluding hydrogens is 400 g/mol. The van der Waals surface area contributed by atoms with Crippen LogP contribution < -0.4 is 14.8 Å². The fraction of sp³-hybridized carbons (Fsp3) is 0.0833. The molecule has 0 saturated heterocycles. The van der Waals surface area contributed by atoms with E-state index in [9.17, 15) is 4.79 Å². The van der Waals surface area contributed by atoms with Gasteiger partial charge in [-0.3, -0.25) is 4.79 Å². The quantitative estimate of drug-likeness (QED) is 0.443. The van der Waals surface area contributed by atoms with E-state index in [2.05, 4.69) is 5.32 Å². The van der Waals surface area contributed by atoms with Crippen LogP contribution in [0.15, 0.2) is 72.8 Å². The number of fused-ring (bicyclic) bond motifs is 1. The molecule has 1 N–H and O–H groups in total. The van der Waals surface area contributed by atoms with Crippen LogP contribution in [0.3, 0.4) is 0 Å². The van der Waals surface area contributed by atoms with Gasteiger partial charge in [-0.25, -0.2) is 4.98 Å². The van der Waals surface area contributed by atoms with Crippen molar-refractivity contribution >= 4 is 34.1 Å². The van der Waals surface area contributed by atoms with Crippen LogP contribution in [0.25, 0.3) is 22.2 Å². The summed E-state index contributed by atoms with van der Waals surface area (Å²) in [6, 6.07) is 22.0. The number of pyridine rings is 1. The Morgan fingerprint density at radius 3 is 2.40 bits per heavy atom. The largest absolute Gasteiger partial charge is 0.493 e. The average molecular weight is 419 g/mol. The van der Waals surface area contributed by atoms with Crippen molar-refractivity contribution in [2.45, 2.75) is 0 Å². The molecule has 0 unspecified atom stereocenters. The lowest BCUT2D eigenvalue weighted by atomic mass is 10.0. The number of nitrogens with zero attached hydrogens (tertiary/aromatic N) is 1. The highest BCUT2D eigenvalue weighted by molar-refractivity contribution is 6.34. The number of amides is 1. The number of methoxy groups -OCH3 is 2. The zero-order valence-electron chi connectivity index (χ0n) is 16.5. The number of hydrogen-bond donors (Lipinski definition) is 1. The molecule has 0 aliphatic heterocycles. The van der Waals surface area contributed by atoms with Gasteiger partial charge in [-0.15, -0.1) is 0 Å². The fourth-order valence-electron chi connectivity index (χ4n) is 3.26. The Morgan fingerprint density at radius 2 is 1.63 bits per heavy atom. The minimum Gasteiger partial charge on any atom is -0.493 e. The van der Waals surface area contributed by atoms with Gasteiger partial charge in [0.1, 0.15) is 0 Å². The van der Waals surface area contributed by atoms with Gasteiger partial charge in [-0.2, -0.15) is 0 Å². The van der Waals surface area contributed by atoms with Crippen LogP contribution in [0.2, 0.25) is 5.02 Å². The van der Waals surface area contributed by atoms with E-state index < -0.39 is 0 Å². The molecule has 0 bridgehead atoms. The smallest absolute Gasteiger partial charge is 0.256 e. The van der Waals surface area contributed by atoms with E-state index in [1.165, 1.54) is 0 Å². The van der Waals surface area contributed by atoms with Crippen molar-refractivity contribution in [3.63, 3.8) is 0 Å². The van der Waals surface area contributed by atoms with Gasteiger partial charge in [0.25, 0.3) is 5.91 Å². The van der Waals surface area contributed by atoms with Crippen molar-refractivity contribution in [2.75, 3.05) is 19.5 Å². The predicted octanol–water partition coefficient (Wildman–Crippen LogP) is 5.82. The molecule has 0 atom stereocenters. The molecule has 0 saturated carbocycles. The highest BCUT2D eigenvalue weighted by Crippen LogP contribution is 2.33. The lowest BCUT2D eigenvalue weighted by Crippen LogP contribution is -2.13. The minimum absolute atomic E-state index is 0.261. The second kappa shape index (κ2) is 8.43. The summed E-state index contributed by atoms with van der Waals surface area (Å²) in [6.07, 6.45) is 0. The maximum atomic E-state index is 13.1. The second-order valence-electron chi connectivity index (χ2n) is 6.58. The van der Waals surface area contributed by atoms with Gasteiger partial charge in [0.2, 0.25) is 0 Å². The molecular formula is C24H19ClN2O3. The Bertz CT molecular complexity index is 1240. The summed E-state index contributed by atoms with van der Waals surface area (Å²) in [5, 5.41) is 4.13. The van der Waals surface area contributed by atoms with E-state index in [-0.39, 0.29) is 5.91 Å². The first-order valence-electron chi connectivity index (χ1n) is 9.29. The van der Waals surface area contributed by atoms with Gasteiger partial charge >= 0.3 is 0 Å². The SMILES string of the molecule is COc1ccc(-c2cc(C(=O)Nc3ccccc3Cl)c3ccccc3n2)cc1OC. The summed E-state index contributed by atoms with van der Waals surface area (Å²) >= 11 is 6.21. The molecule has 30 heavy (non-hydrogen) atoms. The fourth-order valence-corrected chi connectivity index (χ4v) is 3.44. The number of anilines is 1. The maximum absolute atomic E-state index is 13.1. The number of ether oxygens (including phenoxy) is 2. The van der Waals surface area contributed by atoms with Crippen LogP contribution in [0.1, 0.15) is 10.4 Å². The monoisotopic (exact) mass is 418 g/mol. The molecule has 4 aromatic rings. The number of carbonyl (C=O) groups is 1. The van der Waals surface area contributed by atoms with Crippen LogP contribution in [-0.4, -0.2) is 25.1 Å². The van der Waals surface area contributed by atoms with Gasteiger partial charge < -0.3 is 14.8 Å². The number of aromatic nitrogens is 1. The van der Waals surface area contributed by atoms with Crippen molar-refractivity contribution in [1.29, 1.82) is 0 Å². The first-order chi connectivity index (χ1) is 14.6. The van der Waals surface area contributed by atoms with Crippen molar-refractivity contribution in [2.24, 2.45) is 0 Å². The van der Waals surface area contributed by atoms with E-state index in [1.807, 2.05) is 54.6 Å². The van der Waals surface area contributed by atoms with E-state index in [1.54, 1.807) is 32.4 Å². The summed E-state index contributed by atoms with van der Waals surface area (Å²) in [7, 11) is 3.17. The normalized spacial score (nSPS) is 10.6. The van der Waals surface area contributed by atoms with E-state index in [0.29, 0.717) is 39.0 Å². The van der Waals surface area contributed by atoms with Gasteiger partial charge in [-0.05, 0) is 42.5 Å². The van der Waals surface area contributed by atoms with Crippen molar-refractivity contribution < 1.29 is 14.3 Å². The topological polar surface area (TPSA) is 60.5 Å². The third-order valence-electron chi connectivity index (χ3n) is 4.76. The zero-order chi connectivity index (χ0) is 21.1. The number of halogens is 1. The number of benzene rings is 3. The van der Waals surface area contributed by atoms with Gasteiger partial charge in [0, 0.05) is 10.9 Å². The van der Waals surface area contributed by atoms with Gasteiger partial charge in [0.05, 0.1) is 41.7 Å². The molecule has 6 heteroatoms. The van der Waals surface area contributed by atoms with Crippen LogP contribution in [0.5, 0.6) is 11.5 Å². The standard InChI is InChI=1S/C24H19ClN2O3/c1-29-22-12-11-15(13-23(22)30-2)21-14-17(16-7-3-5-9-19(16)26-21)24(28)27-20-10-6-4-8-18(20)25/h3-14H,1-2H3,(H,27,28). The average Bonchev–Trinajstić information content (AvgIpc) is 2.79. The Kier molecular flexibility index (Phi) is 5.55. The van der Waals surface area contributed by atoms with Crippen molar-refractivity contribution in [1.82, 2.24) is 4.98 Å². The molecule has 150 valence electrons. The van der Waals surface area contributed by atoms with E-state index in [0.717, 1.165) is 10.9 Å². The zero-order valence-corrected chi connectivity index (χ0v) is 17.2. The Hall–Kier alpha value is -3.57. The lowest BCUT2D eigenvalue weighted by Gasteiger charge is -2.13. The minimum atomic E-state index is -0.261. The number of nitrogens with one attached hydrogen (secondary N) is 1. The summed E-state index contributed by atoms with van der Waals surface area (Å²) in [5.41, 5.74) is 3.24. The molecule has 0 spiro atoms. The highest BCUT2D eigenvalue weighted by atomic mass is 35.5. The molecule has 0 aliphatic carbocycles. The number of hydrogen-bond acceptors (Lipinski definition) is 4. The van der Waals surface area contributed by atoms with Crippen molar-refractivity contribution in [3.05, 3.63) is 83.4 Å². The molecule has 4 rings (SSSR count). The van der Waals surface area contributed by atoms with Crippen LogP contribution >= 0.6 is 11.6 Å². The molecule has 1 amide bonds. The predicted molar refractivity (Wildman–Crippen MR) is 120 cm³/mol. The molecule has 1 aromatic heterocycles. The number of para-hydroxylation sites is 2. The lowest BCUT2D eigenvalue weighted by molar-refractivity contribution is 0.102. The Morgan fingerprint density at radius 1 is 0.900 bits per heavy atom. The third-order valence-corrected chi connectivity index (χ3v) is 5.09. The van der Waals surface area contributed by atoms with Gasteiger partial charge in [0.15, 0.2) is 11.5 Å². The van der Waals surface area contributed by atoms with Crippen LogP contribution in [0.4, 0.5) is 5.69 Å². The first kappa shape index (κ1) is 19.7. The summed E-state index contributed by atoms with van der Waals surface area (Å²) in [6.45, 7) is 0. The maximum Gasteiger partial charge on any atom is 0.256 e. The van der Waals surface area contributed by atoms with Crippen molar-refractivity contribution in [3.8, 4) is 22.8 Å². The molecule has 0 fully saturated rings. The number of rotatable bonds is 5. The Labute approximate surface area is 179 Å². The molecule has 3 aromatic carbocycles. The third kappa shape index (κ3) is 3.80. The summed E-state index contributed by atoms with van der Waals surface area (Å²) in [5.74, 6) is 0.953. The van der Waals surface area contributed by atoms with E-state index in [4.69, 9.17) is 26.1 Å². The highest BCUT2D eigenvalue weighted by Gasteiger charge is 2.16. The number of carbonyl (C=O) groups excluding carboxylic acids is 1. The molecule has 0 aliphatic rings. The molecule has 1 heterocycles. The molecule has 5 nitrogen and oxygen atoms in total. The Balaban J connectivity index is 1.82. The molecule has 0 radical (unpaired) electrons. The first-order valence-corrected chi connectivity index (χ1v) is 9.66. The van der Waals surface area contributed by atoms with E-state index >= 15 is 0 Å². The van der Waals surface area contributed by atoms with Gasteiger partial charge in [-0.1, -0.05) is 41.9 Å². The summed E-state index contributed by atoms with van der Waals surface area (Å²) < 4.78 is 10.7.